The Morgan fingerprint density at radius 2 is 1.89 bits per heavy atom. The zero-order valence-corrected chi connectivity index (χ0v) is 11.2. The molecule has 0 aliphatic heterocycles. The minimum Gasteiger partial charge on any atom is -0.370 e. The lowest BCUT2D eigenvalue weighted by Gasteiger charge is -2.20. The maximum absolute atomic E-state index is 11.0. The number of carbonyl (C=O) groups excluding carboxylic acids is 2. The fourth-order valence-corrected chi connectivity index (χ4v) is 2.04. The third-order valence-electron chi connectivity index (χ3n) is 2.64. The number of carbonyl (C=O) groups is 2. The Morgan fingerprint density at radius 1 is 1.26 bits per heavy atom. The van der Waals surface area contributed by atoms with Gasteiger partial charge in [-0.2, -0.15) is 0 Å². The van der Waals surface area contributed by atoms with Crippen LogP contribution in [0.3, 0.4) is 0 Å². The lowest BCUT2D eigenvalue weighted by molar-refractivity contribution is -0.116. The first-order chi connectivity index (χ1) is 8.91. The van der Waals surface area contributed by atoms with Crippen LogP contribution < -0.4 is 11.1 Å². The highest BCUT2D eigenvalue weighted by atomic mass is 16.1. The largest absolute Gasteiger partial charge is 0.370 e. The van der Waals surface area contributed by atoms with Crippen LogP contribution in [0.1, 0.15) is 37.8 Å². The van der Waals surface area contributed by atoms with E-state index in [4.69, 9.17) is 5.41 Å². The highest BCUT2D eigenvalue weighted by molar-refractivity contribution is 6.07. The van der Waals surface area contributed by atoms with Crippen LogP contribution in [-0.2, 0) is 16.0 Å². The summed E-state index contributed by atoms with van der Waals surface area (Å²) in [6, 6.07) is 5.83. The summed E-state index contributed by atoms with van der Waals surface area (Å²) in [5.41, 5.74) is 8.00. The Labute approximate surface area is 112 Å². The Bertz CT molecular complexity index is 505. The summed E-state index contributed by atoms with van der Waals surface area (Å²) in [6.45, 7) is 2.80. The monoisotopic (exact) mass is 261 g/mol. The minimum absolute atomic E-state index is 0.0817. The number of nitrogens with one attached hydrogen (secondary N) is 2. The van der Waals surface area contributed by atoms with E-state index in [2.05, 4.69) is 11.1 Å². The molecular formula is C14H19N3O2. The number of hydrogen-bond acceptors (Lipinski definition) is 3. The molecule has 0 fully saturated rings. The van der Waals surface area contributed by atoms with Crippen LogP contribution in [0.4, 0.5) is 5.69 Å². The third kappa shape index (κ3) is 4.54. The average molecular weight is 261 g/mol. The zero-order chi connectivity index (χ0) is 14.4. The van der Waals surface area contributed by atoms with E-state index in [1.807, 2.05) is 18.2 Å². The van der Waals surface area contributed by atoms with Gasteiger partial charge in [-0.05, 0) is 30.9 Å². The fourth-order valence-electron chi connectivity index (χ4n) is 2.04. The number of anilines is 1. The number of hydrogen-bond donors (Lipinski definition) is 3. The normalized spacial score (nSPS) is 12.8. The van der Waals surface area contributed by atoms with Crippen molar-refractivity contribution in [3.63, 3.8) is 0 Å². The molecular weight excluding hydrogens is 242 g/mol. The van der Waals surface area contributed by atoms with Gasteiger partial charge in [0.15, 0.2) is 0 Å². The van der Waals surface area contributed by atoms with Crippen molar-refractivity contribution in [3.05, 3.63) is 29.3 Å². The van der Waals surface area contributed by atoms with Gasteiger partial charge in [0.2, 0.25) is 11.8 Å². The second kappa shape index (κ2) is 6.68. The molecule has 0 spiro atoms. The van der Waals surface area contributed by atoms with Crippen molar-refractivity contribution in [2.24, 2.45) is 5.73 Å². The number of nitrogens with two attached hydrogens (primary N) is 1. The van der Waals surface area contributed by atoms with Crippen molar-refractivity contribution in [1.82, 2.24) is 0 Å². The second-order valence-corrected chi connectivity index (χ2v) is 4.46. The van der Waals surface area contributed by atoms with Crippen LogP contribution in [0.25, 0.3) is 0 Å². The van der Waals surface area contributed by atoms with Gasteiger partial charge in [-0.25, -0.2) is 0 Å². The van der Waals surface area contributed by atoms with Crippen molar-refractivity contribution >= 4 is 23.2 Å². The summed E-state index contributed by atoms with van der Waals surface area (Å²) in [5.74, 6) is -0.415. The number of benzene rings is 1. The first-order valence-electron chi connectivity index (χ1n) is 6.15. The summed E-state index contributed by atoms with van der Waals surface area (Å²) in [6.07, 6.45) is 2.85. The fraction of sp³-hybridized carbons (Fsp3) is 0.357. The predicted molar refractivity (Wildman–Crippen MR) is 75.4 cm³/mol. The number of aryl methyl sites for hydroxylation is 1. The summed E-state index contributed by atoms with van der Waals surface area (Å²) >= 11 is 0. The molecule has 0 atom stereocenters. The minimum atomic E-state index is -0.333. The molecule has 0 saturated heterocycles. The molecule has 0 heterocycles. The maximum Gasteiger partial charge on any atom is 0.221 e. The third-order valence-corrected chi connectivity index (χ3v) is 2.64. The van der Waals surface area contributed by atoms with Crippen LogP contribution in [0.2, 0.25) is 0 Å². The Morgan fingerprint density at radius 3 is 2.47 bits per heavy atom. The van der Waals surface area contributed by atoms with Crippen LogP contribution in [-0.4, -0.2) is 17.5 Å². The van der Waals surface area contributed by atoms with E-state index in [0.717, 1.165) is 30.5 Å². The van der Waals surface area contributed by atoms with Crippen LogP contribution in [0.15, 0.2) is 18.2 Å². The first-order valence-corrected chi connectivity index (χ1v) is 6.15. The van der Waals surface area contributed by atoms with Gasteiger partial charge in [0.1, 0.15) is 0 Å². The Kier molecular flexibility index (Phi) is 5.23. The van der Waals surface area contributed by atoms with E-state index in [1.54, 1.807) is 0 Å². The van der Waals surface area contributed by atoms with E-state index < -0.39 is 0 Å². The predicted octanol–water partition coefficient (Wildman–Crippen LogP) is 1.84. The standard InChI is InChI=1S/C12H14N2O.C2H5NO/c1-8(15)14-11-7-3-5-9-4-2-6-10(13)12(9)11;1-2(3)4/h3,5,7,13H,2,4,6H2,1H3,(H,14,15);1H3,(H2,3,4). The summed E-state index contributed by atoms with van der Waals surface area (Å²) in [4.78, 5) is 20.2. The molecule has 4 N–H and O–H groups in total. The highest BCUT2D eigenvalue weighted by Crippen LogP contribution is 2.27. The Balaban J connectivity index is 0.000000399. The molecule has 5 heteroatoms. The number of rotatable bonds is 1. The number of fused-ring (bicyclic) bond motifs is 1. The van der Waals surface area contributed by atoms with Gasteiger partial charge in [0, 0.05) is 25.1 Å². The molecule has 2 amide bonds. The van der Waals surface area contributed by atoms with Gasteiger partial charge in [-0.3, -0.25) is 9.59 Å². The van der Waals surface area contributed by atoms with Gasteiger partial charge in [0.05, 0.1) is 5.69 Å². The molecule has 0 aromatic heterocycles. The maximum atomic E-state index is 11.0. The molecule has 0 saturated carbocycles. The average Bonchev–Trinajstić information content (AvgIpc) is 2.27. The van der Waals surface area contributed by atoms with Crippen LogP contribution in [0.5, 0.6) is 0 Å². The van der Waals surface area contributed by atoms with Gasteiger partial charge in [-0.15, -0.1) is 0 Å². The highest BCUT2D eigenvalue weighted by Gasteiger charge is 2.17. The molecule has 102 valence electrons. The molecule has 0 radical (unpaired) electrons. The van der Waals surface area contributed by atoms with Gasteiger partial charge in [-0.1, -0.05) is 12.1 Å². The molecule has 2 rings (SSSR count). The number of amides is 2. The van der Waals surface area contributed by atoms with E-state index >= 15 is 0 Å². The number of primary amides is 1. The quantitative estimate of drug-likeness (QED) is 0.719. The van der Waals surface area contributed by atoms with E-state index in [9.17, 15) is 9.59 Å². The van der Waals surface area contributed by atoms with Gasteiger partial charge in [0.25, 0.3) is 0 Å². The molecule has 1 aromatic rings. The lowest BCUT2D eigenvalue weighted by atomic mass is 9.89. The molecule has 1 aliphatic rings. The van der Waals surface area contributed by atoms with Gasteiger partial charge < -0.3 is 16.5 Å². The van der Waals surface area contributed by atoms with E-state index in [0.29, 0.717) is 5.71 Å². The van der Waals surface area contributed by atoms with Crippen molar-refractivity contribution < 1.29 is 9.59 Å². The molecule has 5 nitrogen and oxygen atoms in total. The molecule has 0 bridgehead atoms. The van der Waals surface area contributed by atoms with Crippen molar-refractivity contribution in [3.8, 4) is 0 Å². The molecule has 1 aromatic carbocycles. The van der Waals surface area contributed by atoms with Crippen LogP contribution >= 0.6 is 0 Å². The van der Waals surface area contributed by atoms with Gasteiger partial charge >= 0.3 is 0 Å². The van der Waals surface area contributed by atoms with Crippen molar-refractivity contribution in [2.75, 3.05) is 5.32 Å². The SMILES string of the molecule is CC(=O)Nc1cccc2c1C(=N)CCC2.CC(N)=O. The molecule has 0 unspecified atom stereocenters. The second-order valence-electron chi connectivity index (χ2n) is 4.46. The van der Waals surface area contributed by atoms with E-state index in [-0.39, 0.29) is 11.8 Å². The van der Waals surface area contributed by atoms with Crippen molar-refractivity contribution in [2.45, 2.75) is 33.1 Å². The molecule has 1 aliphatic carbocycles. The zero-order valence-electron chi connectivity index (χ0n) is 11.2. The smallest absolute Gasteiger partial charge is 0.221 e. The first kappa shape index (κ1) is 14.9. The van der Waals surface area contributed by atoms with E-state index in [1.165, 1.54) is 19.4 Å². The lowest BCUT2D eigenvalue weighted by Crippen LogP contribution is -2.16. The topological polar surface area (TPSA) is 96.0 Å². The summed E-state index contributed by atoms with van der Waals surface area (Å²) in [7, 11) is 0. The molecule has 19 heavy (non-hydrogen) atoms. The Hall–Kier alpha value is -2.17. The summed E-state index contributed by atoms with van der Waals surface area (Å²) in [5, 5.41) is 10.7. The van der Waals surface area contributed by atoms with Crippen LogP contribution in [0, 0.1) is 5.41 Å². The van der Waals surface area contributed by atoms with Crippen molar-refractivity contribution in [1.29, 1.82) is 5.41 Å². The summed E-state index contributed by atoms with van der Waals surface area (Å²) < 4.78 is 0.